The van der Waals surface area contributed by atoms with E-state index in [9.17, 15) is 0 Å². The number of hydrogen-bond acceptors (Lipinski definition) is 4. The van der Waals surface area contributed by atoms with Crippen LogP contribution in [0.5, 0.6) is 0 Å². The summed E-state index contributed by atoms with van der Waals surface area (Å²) in [6, 6.07) is 0. The van der Waals surface area contributed by atoms with Crippen LogP contribution in [0, 0.1) is 5.41 Å². The van der Waals surface area contributed by atoms with Gasteiger partial charge in [-0.1, -0.05) is 19.0 Å². The summed E-state index contributed by atoms with van der Waals surface area (Å²) < 4.78 is 0. The SMILES string of the molecule is CCCN(CC)CCNCC1(CC(N)=NO)CC1. The van der Waals surface area contributed by atoms with Gasteiger partial charge in [-0.25, -0.2) is 0 Å². The van der Waals surface area contributed by atoms with Crippen molar-refractivity contribution in [2.24, 2.45) is 16.3 Å². The van der Waals surface area contributed by atoms with E-state index in [1.54, 1.807) is 0 Å². The van der Waals surface area contributed by atoms with E-state index in [2.05, 4.69) is 29.2 Å². The van der Waals surface area contributed by atoms with Gasteiger partial charge < -0.3 is 21.2 Å². The van der Waals surface area contributed by atoms with Crippen molar-refractivity contribution in [3.8, 4) is 0 Å². The van der Waals surface area contributed by atoms with Crippen LogP contribution in [0.1, 0.15) is 39.5 Å². The number of nitrogens with one attached hydrogen (secondary N) is 1. The van der Waals surface area contributed by atoms with E-state index in [1.165, 1.54) is 25.8 Å². The molecule has 0 heterocycles. The summed E-state index contributed by atoms with van der Waals surface area (Å²) in [6.07, 6.45) is 4.29. The number of oxime groups is 1. The lowest BCUT2D eigenvalue weighted by atomic mass is 10.0. The summed E-state index contributed by atoms with van der Waals surface area (Å²) in [5.41, 5.74) is 5.84. The summed E-state index contributed by atoms with van der Waals surface area (Å²) in [6.45, 7) is 9.81. The Balaban J connectivity index is 2.14. The van der Waals surface area contributed by atoms with Crippen molar-refractivity contribution in [2.75, 3.05) is 32.7 Å². The van der Waals surface area contributed by atoms with Gasteiger partial charge in [0, 0.05) is 26.1 Å². The van der Waals surface area contributed by atoms with E-state index in [0.717, 1.165) is 26.2 Å². The maximum absolute atomic E-state index is 8.60. The van der Waals surface area contributed by atoms with E-state index < -0.39 is 0 Å². The topological polar surface area (TPSA) is 73.9 Å². The van der Waals surface area contributed by atoms with Crippen LogP contribution in [0.15, 0.2) is 5.16 Å². The third kappa shape index (κ3) is 5.23. The molecule has 0 aromatic rings. The van der Waals surface area contributed by atoms with E-state index in [-0.39, 0.29) is 5.41 Å². The molecule has 0 bridgehead atoms. The third-order valence-electron chi connectivity index (χ3n) is 3.73. The van der Waals surface area contributed by atoms with E-state index >= 15 is 0 Å². The second-order valence-electron chi connectivity index (χ2n) is 5.38. The first-order chi connectivity index (χ1) is 8.65. The second-order valence-corrected chi connectivity index (χ2v) is 5.38. The predicted octanol–water partition coefficient (Wildman–Crippen LogP) is 1.22. The molecule has 0 saturated heterocycles. The van der Waals surface area contributed by atoms with Gasteiger partial charge in [0.2, 0.25) is 0 Å². The quantitative estimate of drug-likeness (QED) is 0.181. The van der Waals surface area contributed by atoms with Gasteiger partial charge in [-0.3, -0.25) is 0 Å². The first kappa shape index (κ1) is 15.2. The van der Waals surface area contributed by atoms with Crippen molar-refractivity contribution >= 4 is 5.84 Å². The Morgan fingerprint density at radius 1 is 1.39 bits per heavy atom. The molecule has 1 aliphatic carbocycles. The minimum absolute atomic E-state index is 0.262. The van der Waals surface area contributed by atoms with Crippen molar-refractivity contribution < 1.29 is 5.21 Å². The van der Waals surface area contributed by atoms with E-state index in [1.807, 2.05) is 0 Å². The molecule has 1 saturated carbocycles. The summed E-state index contributed by atoms with van der Waals surface area (Å²) in [4.78, 5) is 2.45. The molecule has 106 valence electrons. The number of likely N-dealkylation sites (N-methyl/N-ethyl adjacent to an activating group) is 1. The van der Waals surface area contributed by atoms with Crippen molar-refractivity contribution in [3.63, 3.8) is 0 Å². The molecule has 0 radical (unpaired) electrons. The predicted molar refractivity (Wildman–Crippen MR) is 75.0 cm³/mol. The first-order valence-corrected chi connectivity index (χ1v) is 7.05. The average Bonchev–Trinajstić information content (AvgIpc) is 3.13. The molecule has 0 amide bonds. The van der Waals surface area contributed by atoms with Crippen LogP contribution < -0.4 is 11.1 Å². The van der Waals surface area contributed by atoms with Gasteiger partial charge in [0.15, 0.2) is 0 Å². The Kier molecular flexibility index (Phi) is 6.43. The smallest absolute Gasteiger partial charge is 0.139 e. The van der Waals surface area contributed by atoms with Crippen molar-refractivity contribution in [1.29, 1.82) is 0 Å². The first-order valence-electron chi connectivity index (χ1n) is 7.05. The minimum Gasteiger partial charge on any atom is -0.409 e. The largest absolute Gasteiger partial charge is 0.409 e. The van der Waals surface area contributed by atoms with Crippen LogP contribution in [0.4, 0.5) is 0 Å². The maximum Gasteiger partial charge on any atom is 0.139 e. The molecule has 0 aromatic heterocycles. The lowest BCUT2D eigenvalue weighted by molar-refractivity contribution is 0.283. The maximum atomic E-state index is 8.60. The van der Waals surface area contributed by atoms with E-state index in [0.29, 0.717) is 12.3 Å². The highest BCUT2D eigenvalue weighted by Gasteiger charge is 2.42. The Morgan fingerprint density at radius 3 is 2.61 bits per heavy atom. The fourth-order valence-corrected chi connectivity index (χ4v) is 2.35. The summed E-state index contributed by atoms with van der Waals surface area (Å²) in [7, 11) is 0. The van der Waals surface area contributed by atoms with Gasteiger partial charge in [-0.15, -0.1) is 0 Å². The second kappa shape index (κ2) is 7.59. The zero-order valence-corrected chi connectivity index (χ0v) is 11.8. The molecule has 0 unspecified atom stereocenters. The molecule has 1 fully saturated rings. The molecule has 0 atom stereocenters. The molecule has 18 heavy (non-hydrogen) atoms. The highest BCUT2D eigenvalue weighted by atomic mass is 16.4. The Hall–Kier alpha value is -0.810. The van der Waals surface area contributed by atoms with Gasteiger partial charge >= 0.3 is 0 Å². The molecule has 0 aromatic carbocycles. The molecular weight excluding hydrogens is 228 g/mol. The molecule has 5 nitrogen and oxygen atoms in total. The number of nitrogens with two attached hydrogens (primary N) is 1. The Morgan fingerprint density at radius 2 is 2.11 bits per heavy atom. The Bertz CT molecular complexity index is 264. The average molecular weight is 256 g/mol. The van der Waals surface area contributed by atoms with E-state index in [4.69, 9.17) is 10.9 Å². The van der Waals surface area contributed by atoms with Crippen LogP contribution in [0.25, 0.3) is 0 Å². The number of hydrogen-bond donors (Lipinski definition) is 3. The van der Waals surface area contributed by atoms with Crippen molar-refractivity contribution in [1.82, 2.24) is 10.2 Å². The molecule has 5 heteroatoms. The lowest BCUT2D eigenvalue weighted by Gasteiger charge is -2.21. The van der Waals surface area contributed by atoms with Crippen molar-refractivity contribution in [2.45, 2.75) is 39.5 Å². The third-order valence-corrected chi connectivity index (χ3v) is 3.73. The summed E-state index contributed by atoms with van der Waals surface area (Å²) in [5.74, 6) is 0.357. The molecule has 0 aliphatic heterocycles. The molecule has 1 aliphatic rings. The van der Waals surface area contributed by atoms with Gasteiger partial charge in [-0.05, 0) is 37.8 Å². The number of amidine groups is 1. The van der Waals surface area contributed by atoms with Crippen LogP contribution in [0.2, 0.25) is 0 Å². The van der Waals surface area contributed by atoms with Crippen LogP contribution in [-0.2, 0) is 0 Å². The lowest BCUT2D eigenvalue weighted by Crippen LogP contribution is -2.35. The normalized spacial score (nSPS) is 18.3. The molecule has 4 N–H and O–H groups in total. The monoisotopic (exact) mass is 256 g/mol. The van der Waals surface area contributed by atoms with Crippen LogP contribution in [0.3, 0.4) is 0 Å². The standard InChI is InChI=1S/C13H28N4O/c1-3-8-17(4-2)9-7-15-11-13(5-6-13)10-12(14)16-18/h15,18H,3-11H2,1-2H3,(H2,14,16). The highest BCUT2D eigenvalue weighted by molar-refractivity contribution is 5.80. The zero-order valence-electron chi connectivity index (χ0n) is 11.8. The Labute approximate surface area is 110 Å². The summed E-state index contributed by atoms with van der Waals surface area (Å²) in [5, 5.41) is 15.2. The fraction of sp³-hybridized carbons (Fsp3) is 0.923. The van der Waals surface area contributed by atoms with Gasteiger partial charge in [0.05, 0.1) is 0 Å². The molecule has 0 spiro atoms. The minimum atomic E-state index is 0.262. The highest BCUT2D eigenvalue weighted by Crippen LogP contribution is 2.48. The van der Waals surface area contributed by atoms with Gasteiger partial charge in [0.1, 0.15) is 5.84 Å². The summed E-state index contributed by atoms with van der Waals surface area (Å²) >= 11 is 0. The van der Waals surface area contributed by atoms with Crippen LogP contribution >= 0.6 is 0 Å². The van der Waals surface area contributed by atoms with Crippen LogP contribution in [-0.4, -0.2) is 48.7 Å². The van der Waals surface area contributed by atoms with Gasteiger partial charge in [-0.2, -0.15) is 0 Å². The number of rotatable bonds is 10. The number of nitrogens with zero attached hydrogens (tertiary/aromatic N) is 2. The zero-order chi connectivity index (χ0) is 13.4. The van der Waals surface area contributed by atoms with Crippen molar-refractivity contribution in [3.05, 3.63) is 0 Å². The molecular formula is C13H28N4O. The molecule has 1 rings (SSSR count). The van der Waals surface area contributed by atoms with Gasteiger partial charge in [0.25, 0.3) is 0 Å². The fourth-order valence-electron chi connectivity index (χ4n) is 2.35.